The maximum Gasteiger partial charge on any atom is 0.321 e. The maximum absolute atomic E-state index is 13.5. The van der Waals surface area contributed by atoms with Gasteiger partial charge < -0.3 is 14.8 Å². The van der Waals surface area contributed by atoms with Crippen LogP contribution < -0.4 is 14.8 Å². The normalized spacial score (nSPS) is 13.3. The Morgan fingerprint density at radius 3 is 2.60 bits per heavy atom. The summed E-state index contributed by atoms with van der Waals surface area (Å²) in [6.07, 6.45) is 2.45. The second kappa shape index (κ2) is 9.99. The Morgan fingerprint density at radius 1 is 1.14 bits per heavy atom. The molecule has 0 aliphatic rings. The molecule has 0 fully saturated rings. The minimum atomic E-state index is -3.52. The number of amides is 1. The van der Waals surface area contributed by atoms with E-state index in [1.165, 1.54) is 13.3 Å². The number of halogens is 3. The van der Waals surface area contributed by atoms with E-state index in [1.54, 1.807) is 36.0 Å². The van der Waals surface area contributed by atoms with Crippen molar-refractivity contribution >= 4 is 32.7 Å². The van der Waals surface area contributed by atoms with Crippen LogP contribution in [0, 0.1) is 0 Å². The van der Waals surface area contributed by atoms with Gasteiger partial charge in [-0.05, 0) is 49.4 Å². The summed E-state index contributed by atoms with van der Waals surface area (Å²) in [7, 11) is 1.49. The van der Waals surface area contributed by atoms with Gasteiger partial charge in [0.25, 0.3) is 5.91 Å². The van der Waals surface area contributed by atoms with Crippen LogP contribution in [0.1, 0.15) is 25.5 Å². The monoisotopic (exact) mass is 544 g/mol. The molecule has 0 radical (unpaired) electrons. The molecule has 0 bridgehead atoms. The van der Waals surface area contributed by atoms with Gasteiger partial charge in [0.05, 0.1) is 30.6 Å². The van der Waals surface area contributed by atoms with Gasteiger partial charge >= 0.3 is 5.92 Å². The van der Waals surface area contributed by atoms with Gasteiger partial charge in [-0.1, -0.05) is 22.0 Å². The average Bonchev–Trinajstić information content (AvgIpc) is 3.25. The Hall–Kier alpha value is -3.53. The van der Waals surface area contributed by atoms with Crippen LogP contribution in [0.2, 0.25) is 0 Å². The first-order valence-corrected chi connectivity index (χ1v) is 11.5. The number of nitrogens with zero attached hydrogens (tertiary/aromatic N) is 3. The summed E-state index contributed by atoms with van der Waals surface area (Å²) in [6.45, 7) is 2.15. The van der Waals surface area contributed by atoms with E-state index in [0.717, 1.165) is 21.1 Å². The zero-order chi connectivity index (χ0) is 25.2. The molecule has 0 saturated heterocycles. The van der Waals surface area contributed by atoms with Crippen LogP contribution in [0.15, 0.2) is 71.5 Å². The Kier molecular flexibility index (Phi) is 7.02. The molecule has 1 N–H and O–H groups in total. The van der Waals surface area contributed by atoms with Crippen molar-refractivity contribution in [2.75, 3.05) is 7.11 Å². The van der Waals surface area contributed by atoms with Crippen molar-refractivity contribution in [3.8, 4) is 17.3 Å². The maximum atomic E-state index is 13.5. The first-order chi connectivity index (χ1) is 16.7. The number of carbonyl (C=O) groups excluding carboxylic acids is 1. The Labute approximate surface area is 209 Å². The topological polar surface area (TPSA) is 78.3 Å². The number of fused-ring (bicyclic) bond motifs is 1. The number of carbonyl (C=O) groups is 1. The number of aromatic nitrogens is 3. The lowest BCUT2D eigenvalue weighted by atomic mass is 10.0. The highest BCUT2D eigenvalue weighted by Gasteiger charge is 2.35. The van der Waals surface area contributed by atoms with Crippen molar-refractivity contribution in [3.63, 3.8) is 0 Å². The third-order valence-corrected chi connectivity index (χ3v) is 5.86. The fourth-order valence-electron chi connectivity index (χ4n) is 3.59. The van der Waals surface area contributed by atoms with Gasteiger partial charge in [0, 0.05) is 34.6 Å². The lowest BCUT2D eigenvalue weighted by Gasteiger charge is -2.27. The van der Waals surface area contributed by atoms with Crippen LogP contribution in [0.4, 0.5) is 8.78 Å². The molecule has 2 heterocycles. The predicted molar refractivity (Wildman–Crippen MR) is 131 cm³/mol. The molecule has 4 aromatic rings. The predicted octanol–water partition coefficient (Wildman–Crippen LogP) is 5.47. The molecule has 0 aliphatic heterocycles. The van der Waals surface area contributed by atoms with E-state index in [1.807, 2.05) is 36.4 Å². The minimum absolute atomic E-state index is 0.394. The minimum Gasteiger partial charge on any atom is -0.484 e. The number of rotatable bonds is 8. The molecule has 35 heavy (non-hydrogen) atoms. The fraction of sp³-hybridized carbons (Fsp3) is 0.240. The molecule has 182 valence electrons. The van der Waals surface area contributed by atoms with Crippen LogP contribution in [-0.4, -0.2) is 39.7 Å². The SMILES string of the molecule is COc1ccc([C@@H](Oc2ccc3c(cnn3-c3cccc(Br)c3)c2)C(C)NC(=O)C(C)(F)F)cn1. The zero-order valence-corrected chi connectivity index (χ0v) is 20.8. The molecule has 2 aromatic heterocycles. The van der Waals surface area contributed by atoms with Gasteiger partial charge in [-0.15, -0.1) is 0 Å². The van der Waals surface area contributed by atoms with Gasteiger partial charge in [0.2, 0.25) is 5.88 Å². The van der Waals surface area contributed by atoms with E-state index >= 15 is 0 Å². The van der Waals surface area contributed by atoms with Crippen LogP contribution in [0.25, 0.3) is 16.6 Å². The van der Waals surface area contributed by atoms with E-state index in [2.05, 4.69) is 31.3 Å². The van der Waals surface area contributed by atoms with Gasteiger partial charge in [0.15, 0.2) is 0 Å². The third kappa shape index (κ3) is 5.59. The molecule has 4 rings (SSSR count). The Morgan fingerprint density at radius 2 is 1.94 bits per heavy atom. The number of hydrogen-bond donors (Lipinski definition) is 1. The Bertz CT molecular complexity index is 1340. The van der Waals surface area contributed by atoms with Crippen molar-refractivity contribution in [3.05, 3.63) is 77.0 Å². The highest BCUT2D eigenvalue weighted by atomic mass is 79.9. The van der Waals surface area contributed by atoms with E-state index in [-0.39, 0.29) is 0 Å². The summed E-state index contributed by atoms with van der Waals surface area (Å²) >= 11 is 3.47. The molecule has 2 atom stereocenters. The standard InChI is InChI=1S/C25H23BrF2N4O3/c1-15(31-24(33)25(2,27)28)23(16-7-10-22(34-3)29-13-16)35-20-8-9-21-17(11-20)14-30-32(21)19-6-4-5-18(26)12-19/h4-15,23H,1-3H3,(H,31,33)/t15?,23-/m0/s1. The summed E-state index contributed by atoms with van der Waals surface area (Å²) in [5.41, 5.74) is 2.34. The number of nitrogens with one attached hydrogen (secondary N) is 1. The van der Waals surface area contributed by atoms with Gasteiger partial charge in [-0.25, -0.2) is 9.67 Å². The van der Waals surface area contributed by atoms with Gasteiger partial charge in [0.1, 0.15) is 11.9 Å². The second-order valence-electron chi connectivity index (χ2n) is 8.08. The number of benzene rings is 2. The number of hydrogen-bond acceptors (Lipinski definition) is 5. The molecule has 0 aliphatic carbocycles. The van der Waals surface area contributed by atoms with E-state index in [0.29, 0.717) is 24.1 Å². The van der Waals surface area contributed by atoms with E-state index in [9.17, 15) is 13.6 Å². The molecular formula is C25H23BrF2N4O3. The Balaban J connectivity index is 1.64. The molecule has 10 heteroatoms. The van der Waals surface area contributed by atoms with Crippen LogP contribution in [0.5, 0.6) is 11.6 Å². The molecule has 7 nitrogen and oxygen atoms in total. The van der Waals surface area contributed by atoms with Crippen LogP contribution in [-0.2, 0) is 4.79 Å². The van der Waals surface area contributed by atoms with Gasteiger partial charge in [-0.3, -0.25) is 4.79 Å². The third-order valence-electron chi connectivity index (χ3n) is 5.36. The number of methoxy groups -OCH3 is 1. The number of pyridine rings is 1. The van der Waals surface area contributed by atoms with Crippen molar-refractivity contribution in [1.82, 2.24) is 20.1 Å². The van der Waals surface area contributed by atoms with Crippen molar-refractivity contribution in [2.45, 2.75) is 31.9 Å². The van der Waals surface area contributed by atoms with E-state index < -0.39 is 24.0 Å². The summed E-state index contributed by atoms with van der Waals surface area (Å²) in [4.78, 5) is 16.1. The average molecular weight is 545 g/mol. The lowest BCUT2D eigenvalue weighted by Crippen LogP contribution is -2.46. The van der Waals surface area contributed by atoms with Crippen LogP contribution >= 0.6 is 15.9 Å². The lowest BCUT2D eigenvalue weighted by molar-refractivity contribution is -0.144. The first kappa shape index (κ1) is 24.6. The summed E-state index contributed by atoms with van der Waals surface area (Å²) in [6, 6.07) is 15.8. The summed E-state index contributed by atoms with van der Waals surface area (Å²) in [5, 5.41) is 7.65. The number of ether oxygens (including phenoxy) is 2. The fourth-order valence-corrected chi connectivity index (χ4v) is 3.98. The zero-order valence-electron chi connectivity index (χ0n) is 19.2. The highest BCUT2D eigenvalue weighted by molar-refractivity contribution is 9.10. The molecular weight excluding hydrogens is 522 g/mol. The molecule has 2 aromatic carbocycles. The summed E-state index contributed by atoms with van der Waals surface area (Å²) < 4.78 is 41.1. The smallest absolute Gasteiger partial charge is 0.321 e. The first-order valence-electron chi connectivity index (χ1n) is 10.7. The van der Waals surface area contributed by atoms with Crippen molar-refractivity contribution in [2.24, 2.45) is 0 Å². The van der Waals surface area contributed by atoms with Gasteiger partial charge in [-0.2, -0.15) is 13.9 Å². The molecule has 1 amide bonds. The van der Waals surface area contributed by atoms with E-state index in [4.69, 9.17) is 9.47 Å². The largest absolute Gasteiger partial charge is 0.484 e. The molecule has 1 unspecified atom stereocenters. The number of alkyl halides is 2. The summed E-state index contributed by atoms with van der Waals surface area (Å²) in [5.74, 6) is -4.02. The van der Waals surface area contributed by atoms with Crippen molar-refractivity contribution < 1.29 is 23.0 Å². The molecule has 0 saturated carbocycles. The molecule has 0 spiro atoms. The highest BCUT2D eigenvalue weighted by Crippen LogP contribution is 2.30. The van der Waals surface area contributed by atoms with Crippen molar-refractivity contribution in [1.29, 1.82) is 0 Å². The quantitative estimate of drug-likeness (QED) is 0.318. The second-order valence-corrected chi connectivity index (χ2v) is 9.00. The van der Waals surface area contributed by atoms with Crippen LogP contribution in [0.3, 0.4) is 0 Å².